The quantitative estimate of drug-likeness (QED) is 0.680. The van der Waals surface area contributed by atoms with Crippen LogP contribution in [-0.4, -0.2) is 23.9 Å². The molecule has 0 aliphatic carbocycles. The second-order valence-corrected chi connectivity index (χ2v) is 6.16. The lowest BCUT2D eigenvalue weighted by Gasteiger charge is -2.29. The zero-order valence-corrected chi connectivity index (χ0v) is 14.4. The van der Waals surface area contributed by atoms with Gasteiger partial charge in [0, 0.05) is 17.8 Å². The van der Waals surface area contributed by atoms with E-state index in [1.54, 1.807) is 13.0 Å². The van der Waals surface area contributed by atoms with E-state index in [0.717, 1.165) is 4.90 Å². The summed E-state index contributed by atoms with van der Waals surface area (Å²) >= 11 is 0. The van der Waals surface area contributed by atoms with Crippen LogP contribution in [0.25, 0.3) is 0 Å². The number of halogens is 8. The monoisotopic (exact) mass is 413 g/mol. The molecule has 2 aromatic carbocycles. The molecule has 0 aromatic heterocycles. The Labute approximate surface area is 155 Å². The van der Waals surface area contributed by atoms with E-state index < -0.39 is 54.3 Å². The van der Waals surface area contributed by atoms with Gasteiger partial charge in [0.2, 0.25) is 0 Å². The van der Waals surface area contributed by atoms with Crippen molar-refractivity contribution >= 4 is 5.69 Å². The topological polar surface area (TPSA) is 23.5 Å². The first-order valence-corrected chi connectivity index (χ1v) is 7.91. The predicted octanol–water partition coefficient (Wildman–Crippen LogP) is 5.22. The van der Waals surface area contributed by atoms with Crippen LogP contribution < -0.4 is 4.90 Å². The maximum Gasteiger partial charge on any atom is 0.419 e. The van der Waals surface area contributed by atoms with Gasteiger partial charge in [-0.2, -0.15) is 26.3 Å². The average molecular weight is 413 g/mol. The molecule has 154 valence electrons. The minimum Gasteiger partial charge on any atom is -0.382 e. The van der Waals surface area contributed by atoms with Crippen molar-refractivity contribution in [1.29, 1.82) is 0 Å². The van der Waals surface area contributed by atoms with E-state index in [4.69, 9.17) is 0 Å². The highest BCUT2D eigenvalue weighted by Gasteiger charge is 2.40. The molecule has 0 saturated carbocycles. The number of benzene rings is 2. The summed E-state index contributed by atoms with van der Waals surface area (Å²) in [6.45, 7) is -0.465. The summed E-state index contributed by atoms with van der Waals surface area (Å²) in [4.78, 5) is 0.771. The average Bonchev–Trinajstić information content (AvgIpc) is 2.55. The summed E-state index contributed by atoms with van der Waals surface area (Å²) in [6.07, 6.45) is -13.0. The van der Waals surface area contributed by atoms with E-state index in [-0.39, 0.29) is 11.8 Å². The maximum absolute atomic E-state index is 14.3. The lowest BCUT2D eigenvalue weighted by molar-refractivity contribution is -0.200. The molecule has 0 bridgehead atoms. The van der Waals surface area contributed by atoms with Gasteiger partial charge < -0.3 is 10.0 Å². The largest absolute Gasteiger partial charge is 0.419 e. The molecular formula is C18H15F8NO. The molecule has 10 heteroatoms. The molecule has 1 N–H and O–H groups in total. The van der Waals surface area contributed by atoms with Crippen molar-refractivity contribution in [3.05, 3.63) is 64.7 Å². The minimum absolute atomic E-state index is 0.0551. The summed E-state index contributed by atoms with van der Waals surface area (Å²) in [5.74, 6) is -3.25. The van der Waals surface area contributed by atoms with Gasteiger partial charge in [0.05, 0.1) is 12.1 Å². The van der Waals surface area contributed by atoms with Crippen LogP contribution in [0, 0.1) is 18.6 Å². The molecule has 0 fully saturated rings. The number of nitrogens with zero attached hydrogens (tertiary/aromatic N) is 1. The fourth-order valence-electron chi connectivity index (χ4n) is 2.55. The molecule has 1 atom stereocenters. The van der Waals surface area contributed by atoms with Crippen LogP contribution in [0.5, 0.6) is 0 Å². The molecule has 0 saturated heterocycles. The van der Waals surface area contributed by atoms with Gasteiger partial charge in [0.1, 0.15) is 11.6 Å². The van der Waals surface area contributed by atoms with Crippen molar-refractivity contribution in [3.8, 4) is 0 Å². The second-order valence-electron chi connectivity index (χ2n) is 6.16. The molecule has 0 unspecified atom stereocenters. The van der Waals surface area contributed by atoms with Crippen LogP contribution in [0.2, 0.25) is 0 Å². The summed E-state index contributed by atoms with van der Waals surface area (Å²) in [5, 5.41) is 9.35. The lowest BCUT2D eigenvalue weighted by atomic mass is 10.1. The van der Waals surface area contributed by atoms with Crippen LogP contribution >= 0.6 is 0 Å². The Hall–Kier alpha value is -2.36. The third-order valence-corrected chi connectivity index (χ3v) is 3.98. The van der Waals surface area contributed by atoms with Gasteiger partial charge in [-0.25, -0.2) is 8.78 Å². The Bertz CT molecular complexity index is 831. The third kappa shape index (κ3) is 5.12. The number of hydrogen-bond acceptors (Lipinski definition) is 2. The number of anilines is 1. The predicted molar refractivity (Wildman–Crippen MR) is 85.7 cm³/mol. The highest BCUT2D eigenvalue weighted by molar-refractivity contribution is 5.49. The molecule has 0 spiro atoms. The zero-order valence-electron chi connectivity index (χ0n) is 14.4. The van der Waals surface area contributed by atoms with E-state index in [1.165, 1.54) is 18.2 Å². The molecule has 2 aromatic rings. The van der Waals surface area contributed by atoms with Crippen LogP contribution in [0.15, 0.2) is 36.4 Å². The van der Waals surface area contributed by atoms with Crippen molar-refractivity contribution < 1.29 is 40.2 Å². The number of rotatable bonds is 5. The summed E-state index contributed by atoms with van der Waals surface area (Å²) in [6, 6.07) is 6.38. The molecule has 0 aliphatic heterocycles. The van der Waals surface area contributed by atoms with E-state index in [0.29, 0.717) is 11.6 Å². The fraction of sp³-hybridized carbons (Fsp3) is 0.333. The van der Waals surface area contributed by atoms with Gasteiger partial charge in [-0.1, -0.05) is 12.1 Å². The summed E-state index contributed by atoms with van der Waals surface area (Å²) in [5.41, 5.74) is -2.14. The molecule has 0 radical (unpaired) electrons. The Kier molecular flexibility index (Phi) is 6.22. The first kappa shape index (κ1) is 21.9. The molecule has 2 nitrogen and oxygen atoms in total. The highest BCUT2D eigenvalue weighted by atomic mass is 19.4. The Morgan fingerprint density at radius 3 is 2.18 bits per heavy atom. The molecular weight excluding hydrogens is 398 g/mol. The van der Waals surface area contributed by atoms with Crippen LogP contribution in [0.3, 0.4) is 0 Å². The van der Waals surface area contributed by atoms with Gasteiger partial charge in [-0.15, -0.1) is 0 Å². The Morgan fingerprint density at radius 2 is 1.64 bits per heavy atom. The molecule has 2 rings (SSSR count). The second kappa shape index (κ2) is 7.94. The van der Waals surface area contributed by atoms with Crippen LogP contribution in [-0.2, 0) is 12.7 Å². The number of alkyl halides is 6. The van der Waals surface area contributed by atoms with Gasteiger partial charge in [0.15, 0.2) is 6.10 Å². The lowest BCUT2D eigenvalue weighted by Crippen LogP contribution is -2.41. The summed E-state index contributed by atoms with van der Waals surface area (Å²) in [7, 11) is 0. The number of aliphatic hydroxyl groups is 1. The molecule has 0 amide bonds. The molecule has 0 aliphatic rings. The zero-order chi connectivity index (χ0) is 21.3. The molecule has 28 heavy (non-hydrogen) atoms. The number of aryl methyl sites for hydroxylation is 1. The normalized spacial score (nSPS) is 13.5. The van der Waals surface area contributed by atoms with E-state index >= 15 is 0 Å². The van der Waals surface area contributed by atoms with Crippen LogP contribution in [0.4, 0.5) is 40.8 Å². The Balaban J connectivity index is 2.48. The smallest absolute Gasteiger partial charge is 0.382 e. The van der Waals surface area contributed by atoms with Crippen molar-refractivity contribution in [2.24, 2.45) is 0 Å². The van der Waals surface area contributed by atoms with Crippen molar-refractivity contribution in [3.63, 3.8) is 0 Å². The number of aliphatic hydroxyl groups excluding tert-OH is 1. The Morgan fingerprint density at radius 1 is 1.00 bits per heavy atom. The summed E-state index contributed by atoms with van der Waals surface area (Å²) < 4.78 is 105. The first-order chi connectivity index (χ1) is 12.8. The van der Waals surface area contributed by atoms with E-state index in [9.17, 15) is 40.2 Å². The van der Waals surface area contributed by atoms with Crippen molar-refractivity contribution in [1.82, 2.24) is 0 Å². The van der Waals surface area contributed by atoms with Crippen LogP contribution in [0.1, 0.15) is 16.7 Å². The van der Waals surface area contributed by atoms with Crippen molar-refractivity contribution in [2.75, 3.05) is 11.4 Å². The van der Waals surface area contributed by atoms with E-state index in [1.807, 2.05) is 0 Å². The standard InChI is InChI=1S/C18H15F8NO/c1-10-3-2-4-11(7-10)27(9-15(28)18(24,25)26)8-12-14(19)6-5-13(16(12)20)17(21,22)23/h2-7,15,28H,8-9H2,1H3/t15-/m1/s1. The van der Waals surface area contributed by atoms with E-state index in [2.05, 4.69) is 0 Å². The highest BCUT2D eigenvalue weighted by Crippen LogP contribution is 2.34. The van der Waals surface area contributed by atoms with Crippen molar-refractivity contribution in [2.45, 2.75) is 31.9 Å². The molecule has 0 heterocycles. The van der Waals surface area contributed by atoms with Gasteiger partial charge in [-0.3, -0.25) is 0 Å². The third-order valence-electron chi connectivity index (χ3n) is 3.98. The van der Waals surface area contributed by atoms with Gasteiger partial charge in [-0.05, 0) is 36.8 Å². The fourth-order valence-corrected chi connectivity index (χ4v) is 2.55. The first-order valence-electron chi connectivity index (χ1n) is 7.91. The SMILES string of the molecule is Cc1cccc(N(Cc2c(F)ccc(C(F)(F)F)c2F)C[C@@H](O)C(F)(F)F)c1. The maximum atomic E-state index is 14.3. The van der Waals surface area contributed by atoms with Gasteiger partial charge >= 0.3 is 12.4 Å². The minimum atomic E-state index is -5.10. The van der Waals surface area contributed by atoms with Gasteiger partial charge in [0.25, 0.3) is 0 Å². The number of hydrogen-bond donors (Lipinski definition) is 1.